The fourth-order valence-electron chi connectivity index (χ4n) is 3.19. The smallest absolute Gasteiger partial charge is 0.320 e. The minimum Gasteiger partial charge on any atom is -0.497 e. The summed E-state index contributed by atoms with van der Waals surface area (Å²) < 4.78 is 5.29. The van der Waals surface area contributed by atoms with Crippen LogP contribution in [0.4, 0.5) is 0 Å². The molecule has 2 N–H and O–H groups in total. The van der Waals surface area contributed by atoms with Crippen LogP contribution in [0, 0.1) is 0 Å². The highest BCUT2D eigenvalue weighted by Crippen LogP contribution is 2.47. The molecule has 1 aromatic carbocycles. The minimum atomic E-state index is -0.745. The number of fused-ring (bicyclic) bond motifs is 2. The Morgan fingerprint density at radius 2 is 2.40 bits per heavy atom. The highest BCUT2D eigenvalue weighted by molar-refractivity contribution is 8.00. The van der Waals surface area contributed by atoms with Gasteiger partial charge in [-0.25, -0.2) is 0 Å². The van der Waals surface area contributed by atoms with E-state index < -0.39 is 12.0 Å². The molecule has 2 atom stereocenters. The van der Waals surface area contributed by atoms with Gasteiger partial charge in [-0.15, -0.1) is 11.8 Å². The first-order valence-corrected chi connectivity index (χ1v) is 7.95. The van der Waals surface area contributed by atoms with Crippen molar-refractivity contribution in [1.29, 1.82) is 0 Å². The summed E-state index contributed by atoms with van der Waals surface area (Å²) in [4.78, 5) is 11.1. The summed E-state index contributed by atoms with van der Waals surface area (Å²) in [5.74, 6) is 1.01. The van der Waals surface area contributed by atoms with E-state index in [4.69, 9.17) is 4.74 Å². The maximum absolute atomic E-state index is 11.3. The molecule has 5 heteroatoms. The molecule has 1 saturated heterocycles. The third-order valence-corrected chi connectivity index (χ3v) is 5.66. The zero-order chi connectivity index (χ0) is 14.2. The molecule has 1 heterocycles. The van der Waals surface area contributed by atoms with Crippen LogP contribution in [0.15, 0.2) is 18.2 Å². The fourth-order valence-corrected chi connectivity index (χ4v) is 4.76. The van der Waals surface area contributed by atoms with Crippen LogP contribution >= 0.6 is 11.8 Å². The molecule has 0 bridgehead atoms. The number of thioether (sulfide) groups is 1. The molecule has 0 radical (unpaired) electrons. The minimum absolute atomic E-state index is 0.235. The van der Waals surface area contributed by atoms with E-state index in [2.05, 4.69) is 17.4 Å². The van der Waals surface area contributed by atoms with E-state index in [0.717, 1.165) is 30.8 Å². The van der Waals surface area contributed by atoms with Crippen LogP contribution in [0.25, 0.3) is 0 Å². The molecule has 4 nitrogen and oxygen atoms in total. The van der Waals surface area contributed by atoms with Gasteiger partial charge in [-0.3, -0.25) is 10.1 Å². The molecule has 1 aliphatic heterocycles. The van der Waals surface area contributed by atoms with Crippen molar-refractivity contribution in [2.24, 2.45) is 0 Å². The Kier molecular flexibility index (Phi) is 3.65. The van der Waals surface area contributed by atoms with E-state index in [1.54, 1.807) is 7.11 Å². The Morgan fingerprint density at radius 1 is 1.55 bits per heavy atom. The first kappa shape index (κ1) is 13.8. The lowest BCUT2D eigenvalue weighted by Crippen LogP contribution is -2.54. The van der Waals surface area contributed by atoms with Crippen molar-refractivity contribution < 1.29 is 14.6 Å². The van der Waals surface area contributed by atoms with Crippen LogP contribution in [0.3, 0.4) is 0 Å². The second-order valence-corrected chi connectivity index (χ2v) is 6.77. The molecule has 1 fully saturated rings. The van der Waals surface area contributed by atoms with E-state index >= 15 is 0 Å². The van der Waals surface area contributed by atoms with Gasteiger partial charge in [-0.05, 0) is 54.7 Å². The summed E-state index contributed by atoms with van der Waals surface area (Å²) >= 11 is 1.85. The molecule has 108 valence electrons. The van der Waals surface area contributed by atoms with Crippen molar-refractivity contribution in [3.05, 3.63) is 29.3 Å². The molecule has 1 aromatic rings. The van der Waals surface area contributed by atoms with Gasteiger partial charge in [0.05, 0.1) is 12.0 Å². The summed E-state index contributed by atoms with van der Waals surface area (Å²) in [6.07, 6.45) is 3.79. The van der Waals surface area contributed by atoms with Gasteiger partial charge in [0.1, 0.15) is 11.8 Å². The second kappa shape index (κ2) is 5.30. The third-order valence-electron chi connectivity index (χ3n) is 4.18. The summed E-state index contributed by atoms with van der Waals surface area (Å²) in [5.41, 5.74) is 2.52. The second-order valence-electron chi connectivity index (χ2n) is 5.38. The Labute approximate surface area is 122 Å². The number of hydrogen-bond donors (Lipinski definition) is 2. The van der Waals surface area contributed by atoms with Gasteiger partial charge in [0.25, 0.3) is 0 Å². The Hall–Kier alpha value is -1.20. The standard InChI is InChI=1S/C15H19NO3S/c1-19-11-4-5-12-10(9-11)3-2-7-15(12)16-13(14(17)18)6-8-20-15/h4-5,9,13,16H,2-3,6-8H2,1H3,(H,17,18). The van der Waals surface area contributed by atoms with Crippen molar-refractivity contribution in [3.8, 4) is 5.75 Å². The number of carboxylic acid groups (broad SMARTS) is 1. The number of aryl methyl sites for hydroxylation is 1. The predicted molar refractivity (Wildman–Crippen MR) is 79.2 cm³/mol. The van der Waals surface area contributed by atoms with Gasteiger partial charge < -0.3 is 9.84 Å². The van der Waals surface area contributed by atoms with Gasteiger partial charge in [0, 0.05) is 0 Å². The van der Waals surface area contributed by atoms with E-state index in [1.807, 2.05) is 17.8 Å². The Balaban J connectivity index is 1.97. The number of rotatable bonds is 2. The van der Waals surface area contributed by atoms with Crippen LogP contribution in [-0.2, 0) is 16.1 Å². The van der Waals surface area contributed by atoms with E-state index in [9.17, 15) is 9.90 Å². The molecule has 1 spiro atoms. The number of benzene rings is 1. The molecular weight excluding hydrogens is 274 g/mol. The highest BCUT2D eigenvalue weighted by Gasteiger charge is 2.42. The van der Waals surface area contributed by atoms with Gasteiger partial charge in [-0.1, -0.05) is 6.07 Å². The summed E-state index contributed by atoms with van der Waals surface area (Å²) in [7, 11) is 1.67. The van der Waals surface area contributed by atoms with E-state index in [1.165, 1.54) is 11.1 Å². The number of carboxylic acids is 1. The molecule has 2 unspecified atom stereocenters. The molecule has 1 aliphatic carbocycles. The lowest BCUT2D eigenvalue weighted by Gasteiger charge is -2.44. The van der Waals surface area contributed by atoms with Crippen molar-refractivity contribution in [2.75, 3.05) is 12.9 Å². The molecular formula is C15H19NO3S. The number of nitrogens with one attached hydrogen (secondary N) is 1. The lowest BCUT2D eigenvalue weighted by molar-refractivity contribution is -0.140. The topological polar surface area (TPSA) is 58.6 Å². The number of ether oxygens (including phenoxy) is 1. The zero-order valence-electron chi connectivity index (χ0n) is 11.5. The van der Waals surface area contributed by atoms with Crippen LogP contribution in [0.2, 0.25) is 0 Å². The SMILES string of the molecule is COc1ccc2c(c1)CCCC21NC(C(=O)O)CCS1. The summed E-state index contributed by atoms with van der Waals surface area (Å²) in [5, 5.41) is 12.7. The van der Waals surface area contributed by atoms with Crippen LogP contribution < -0.4 is 10.1 Å². The number of carbonyl (C=O) groups is 1. The molecule has 2 aliphatic rings. The summed E-state index contributed by atoms with van der Waals surface area (Å²) in [6.45, 7) is 0. The molecule has 0 aromatic heterocycles. The average Bonchev–Trinajstić information content (AvgIpc) is 2.47. The maximum atomic E-state index is 11.3. The first-order chi connectivity index (χ1) is 9.64. The summed E-state index contributed by atoms with van der Waals surface area (Å²) in [6, 6.07) is 5.71. The normalized spacial score (nSPS) is 28.9. The molecule has 0 amide bonds. The van der Waals surface area contributed by atoms with Gasteiger partial charge in [0.2, 0.25) is 0 Å². The van der Waals surface area contributed by atoms with Crippen LogP contribution in [-0.4, -0.2) is 30.0 Å². The predicted octanol–water partition coefficient (Wildman–Crippen LogP) is 2.36. The van der Waals surface area contributed by atoms with Crippen LogP contribution in [0.5, 0.6) is 5.75 Å². The Bertz CT molecular complexity index is 534. The quantitative estimate of drug-likeness (QED) is 0.876. The van der Waals surface area contributed by atoms with Crippen molar-refractivity contribution >= 4 is 17.7 Å². The zero-order valence-corrected chi connectivity index (χ0v) is 12.3. The van der Waals surface area contributed by atoms with E-state index in [0.29, 0.717) is 6.42 Å². The van der Waals surface area contributed by atoms with Crippen molar-refractivity contribution in [3.63, 3.8) is 0 Å². The largest absolute Gasteiger partial charge is 0.497 e. The molecule has 0 saturated carbocycles. The monoisotopic (exact) mass is 293 g/mol. The van der Waals surface area contributed by atoms with Gasteiger partial charge >= 0.3 is 5.97 Å². The fraction of sp³-hybridized carbons (Fsp3) is 0.533. The van der Waals surface area contributed by atoms with Crippen molar-refractivity contribution in [2.45, 2.75) is 36.6 Å². The van der Waals surface area contributed by atoms with Gasteiger partial charge in [-0.2, -0.15) is 0 Å². The van der Waals surface area contributed by atoms with E-state index in [-0.39, 0.29) is 4.87 Å². The highest BCUT2D eigenvalue weighted by atomic mass is 32.2. The van der Waals surface area contributed by atoms with Crippen molar-refractivity contribution in [1.82, 2.24) is 5.32 Å². The average molecular weight is 293 g/mol. The maximum Gasteiger partial charge on any atom is 0.320 e. The first-order valence-electron chi connectivity index (χ1n) is 6.96. The number of methoxy groups -OCH3 is 1. The lowest BCUT2D eigenvalue weighted by atomic mass is 9.86. The Morgan fingerprint density at radius 3 is 3.15 bits per heavy atom. The molecule has 20 heavy (non-hydrogen) atoms. The number of aliphatic carboxylic acids is 1. The molecule has 3 rings (SSSR count). The third kappa shape index (κ3) is 2.29. The van der Waals surface area contributed by atoms with Crippen LogP contribution in [0.1, 0.15) is 30.4 Å². The number of hydrogen-bond acceptors (Lipinski definition) is 4. The van der Waals surface area contributed by atoms with Gasteiger partial charge in [0.15, 0.2) is 0 Å².